The van der Waals surface area contributed by atoms with Crippen molar-refractivity contribution >= 4 is 17.3 Å². The molecule has 0 N–H and O–H groups in total. The molecule has 0 spiro atoms. The fourth-order valence-corrected chi connectivity index (χ4v) is 2.55. The molecule has 1 atom stereocenters. The van der Waals surface area contributed by atoms with Crippen molar-refractivity contribution in [2.24, 2.45) is 0 Å². The van der Waals surface area contributed by atoms with Crippen LogP contribution in [-0.4, -0.2) is 35.5 Å². The summed E-state index contributed by atoms with van der Waals surface area (Å²) in [5, 5.41) is 0. The van der Waals surface area contributed by atoms with Gasteiger partial charge in [-0.3, -0.25) is 9.69 Å². The molecule has 5 heteroatoms. The topological polar surface area (TPSA) is 42.4 Å². The van der Waals surface area contributed by atoms with Crippen LogP contribution in [0, 0.1) is 6.92 Å². The Morgan fingerprint density at radius 3 is 2.76 bits per heavy atom. The van der Waals surface area contributed by atoms with Gasteiger partial charge in [-0.05, 0) is 27.3 Å². The lowest BCUT2D eigenvalue weighted by Crippen LogP contribution is -2.38. The predicted octanol–water partition coefficient (Wildman–Crippen LogP) is 2.23. The SMILES string of the molecule is CCOC(=O)C(CC)N(C)Cc1scnc1C. The molecular weight excluding hydrogens is 236 g/mol. The van der Waals surface area contributed by atoms with E-state index in [0.717, 1.165) is 18.7 Å². The van der Waals surface area contributed by atoms with Crippen molar-refractivity contribution in [2.45, 2.75) is 39.8 Å². The Morgan fingerprint density at radius 2 is 2.29 bits per heavy atom. The molecule has 0 aliphatic rings. The van der Waals surface area contributed by atoms with E-state index in [4.69, 9.17) is 4.74 Å². The second-order valence-corrected chi connectivity index (χ2v) is 4.89. The van der Waals surface area contributed by atoms with E-state index < -0.39 is 0 Å². The van der Waals surface area contributed by atoms with Crippen LogP contribution in [0.3, 0.4) is 0 Å². The Kier molecular flexibility index (Phi) is 5.58. The monoisotopic (exact) mass is 256 g/mol. The van der Waals surface area contributed by atoms with E-state index in [0.29, 0.717) is 6.61 Å². The summed E-state index contributed by atoms with van der Waals surface area (Å²) < 4.78 is 5.07. The highest BCUT2D eigenvalue weighted by molar-refractivity contribution is 7.09. The number of esters is 1. The lowest BCUT2D eigenvalue weighted by atomic mass is 10.2. The quantitative estimate of drug-likeness (QED) is 0.732. The van der Waals surface area contributed by atoms with Gasteiger partial charge in [0, 0.05) is 11.4 Å². The Balaban J connectivity index is 2.64. The third-order valence-electron chi connectivity index (χ3n) is 2.72. The average molecular weight is 256 g/mol. The highest BCUT2D eigenvalue weighted by atomic mass is 32.1. The first-order valence-corrected chi connectivity index (χ1v) is 6.73. The molecule has 0 fully saturated rings. The molecule has 0 aliphatic carbocycles. The minimum atomic E-state index is -0.170. The first kappa shape index (κ1) is 14.1. The number of aromatic nitrogens is 1. The van der Waals surface area contributed by atoms with Gasteiger partial charge in [-0.2, -0.15) is 0 Å². The van der Waals surface area contributed by atoms with Crippen molar-refractivity contribution in [1.82, 2.24) is 9.88 Å². The largest absolute Gasteiger partial charge is 0.465 e. The molecule has 0 saturated heterocycles. The smallest absolute Gasteiger partial charge is 0.323 e. The first-order valence-electron chi connectivity index (χ1n) is 5.85. The van der Waals surface area contributed by atoms with Crippen LogP contribution in [0.15, 0.2) is 5.51 Å². The number of thiazole rings is 1. The molecule has 96 valence electrons. The molecule has 1 unspecified atom stereocenters. The van der Waals surface area contributed by atoms with Crippen LogP contribution >= 0.6 is 11.3 Å². The van der Waals surface area contributed by atoms with Gasteiger partial charge in [-0.15, -0.1) is 11.3 Å². The second kappa shape index (κ2) is 6.71. The van der Waals surface area contributed by atoms with Gasteiger partial charge in [0.2, 0.25) is 0 Å². The summed E-state index contributed by atoms with van der Waals surface area (Å²) >= 11 is 1.63. The average Bonchev–Trinajstić information content (AvgIpc) is 2.66. The van der Waals surface area contributed by atoms with Crippen molar-refractivity contribution in [3.8, 4) is 0 Å². The number of carbonyl (C=O) groups is 1. The third-order valence-corrected chi connectivity index (χ3v) is 3.64. The van der Waals surface area contributed by atoms with E-state index in [9.17, 15) is 4.79 Å². The number of hydrogen-bond acceptors (Lipinski definition) is 5. The van der Waals surface area contributed by atoms with Crippen molar-refractivity contribution in [3.63, 3.8) is 0 Å². The van der Waals surface area contributed by atoms with Crippen LogP contribution in [0.5, 0.6) is 0 Å². The summed E-state index contributed by atoms with van der Waals surface area (Å²) in [7, 11) is 1.95. The number of carbonyl (C=O) groups excluding carboxylic acids is 1. The molecule has 0 bridgehead atoms. The summed E-state index contributed by atoms with van der Waals surface area (Å²) in [6.45, 7) is 7.00. The maximum Gasteiger partial charge on any atom is 0.323 e. The first-order chi connectivity index (χ1) is 8.10. The molecular formula is C12H20N2O2S. The van der Waals surface area contributed by atoms with Crippen LogP contribution in [0.25, 0.3) is 0 Å². The van der Waals surface area contributed by atoms with E-state index in [1.807, 2.05) is 38.2 Å². The molecule has 0 saturated carbocycles. The van der Waals surface area contributed by atoms with Gasteiger partial charge in [0.25, 0.3) is 0 Å². The van der Waals surface area contributed by atoms with Crippen LogP contribution in [0.1, 0.15) is 30.8 Å². The summed E-state index contributed by atoms with van der Waals surface area (Å²) in [6, 6.07) is -0.170. The molecule has 1 heterocycles. The highest BCUT2D eigenvalue weighted by Gasteiger charge is 2.23. The number of aryl methyl sites for hydroxylation is 1. The van der Waals surface area contributed by atoms with Gasteiger partial charge in [-0.1, -0.05) is 6.92 Å². The minimum absolute atomic E-state index is 0.139. The Morgan fingerprint density at radius 1 is 1.59 bits per heavy atom. The number of rotatable bonds is 6. The summed E-state index contributed by atoms with van der Waals surface area (Å²) in [5.74, 6) is -0.139. The number of hydrogen-bond donors (Lipinski definition) is 0. The maximum absolute atomic E-state index is 11.8. The lowest BCUT2D eigenvalue weighted by Gasteiger charge is -2.24. The number of likely N-dealkylation sites (N-methyl/N-ethyl adjacent to an activating group) is 1. The van der Waals surface area contributed by atoms with Crippen LogP contribution in [-0.2, 0) is 16.1 Å². The number of nitrogens with zero attached hydrogens (tertiary/aromatic N) is 2. The molecule has 0 aliphatic heterocycles. The van der Waals surface area contributed by atoms with E-state index >= 15 is 0 Å². The van der Waals surface area contributed by atoms with Crippen LogP contribution in [0.2, 0.25) is 0 Å². The predicted molar refractivity (Wildman–Crippen MR) is 69.0 cm³/mol. The van der Waals surface area contributed by atoms with Crippen molar-refractivity contribution < 1.29 is 9.53 Å². The van der Waals surface area contributed by atoms with Gasteiger partial charge in [0.05, 0.1) is 17.8 Å². The van der Waals surface area contributed by atoms with Crippen LogP contribution in [0.4, 0.5) is 0 Å². The standard InChI is InChI=1S/C12H20N2O2S/c1-5-10(12(15)16-6-2)14(4)7-11-9(3)13-8-17-11/h8,10H,5-7H2,1-4H3. The Hall–Kier alpha value is -0.940. The maximum atomic E-state index is 11.8. The fourth-order valence-electron chi connectivity index (χ4n) is 1.71. The van der Waals surface area contributed by atoms with E-state index in [1.54, 1.807) is 11.3 Å². The zero-order chi connectivity index (χ0) is 12.8. The van der Waals surface area contributed by atoms with E-state index in [2.05, 4.69) is 4.98 Å². The summed E-state index contributed by atoms with van der Waals surface area (Å²) in [4.78, 5) is 19.2. The normalized spacial score (nSPS) is 12.8. The summed E-state index contributed by atoms with van der Waals surface area (Å²) in [6.07, 6.45) is 0.757. The lowest BCUT2D eigenvalue weighted by molar-refractivity contribution is -0.149. The van der Waals surface area contributed by atoms with Crippen molar-refractivity contribution in [2.75, 3.05) is 13.7 Å². The molecule has 1 rings (SSSR count). The van der Waals surface area contributed by atoms with Gasteiger partial charge in [0.1, 0.15) is 6.04 Å². The molecule has 1 aromatic heterocycles. The number of ether oxygens (including phenoxy) is 1. The molecule has 1 aromatic rings. The van der Waals surface area contributed by atoms with Crippen molar-refractivity contribution in [1.29, 1.82) is 0 Å². The zero-order valence-corrected chi connectivity index (χ0v) is 11.7. The minimum Gasteiger partial charge on any atom is -0.465 e. The second-order valence-electron chi connectivity index (χ2n) is 3.95. The summed E-state index contributed by atoms with van der Waals surface area (Å²) in [5.41, 5.74) is 2.88. The van der Waals surface area contributed by atoms with Crippen LogP contribution < -0.4 is 0 Å². The van der Waals surface area contributed by atoms with Crippen molar-refractivity contribution in [3.05, 3.63) is 16.1 Å². The van der Waals surface area contributed by atoms with E-state index in [-0.39, 0.29) is 12.0 Å². The van der Waals surface area contributed by atoms with Gasteiger partial charge >= 0.3 is 5.97 Å². The molecule has 0 radical (unpaired) electrons. The highest BCUT2D eigenvalue weighted by Crippen LogP contribution is 2.16. The van der Waals surface area contributed by atoms with Gasteiger partial charge in [-0.25, -0.2) is 4.98 Å². The van der Waals surface area contributed by atoms with Gasteiger partial charge in [0.15, 0.2) is 0 Å². The Labute approximate surface area is 107 Å². The molecule has 0 amide bonds. The van der Waals surface area contributed by atoms with E-state index in [1.165, 1.54) is 4.88 Å². The third kappa shape index (κ3) is 3.78. The molecule has 4 nitrogen and oxygen atoms in total. The van der Waals surface area contributed by atoms with Gasteiger partial charge < -0.3 is 4.74 Å². The Bertz CT molecular complexity index is 365. The zero-order valence-electron chi connectivity index (χ0n) is 10.9. The molecule has 17 heavy (non-hydrogen) atoms. The fraction of sp³-hybridized carbons (Fsp3) is 0.667. The molecule has 0 aromatic carbocycles.